The van der Waals surface area contributed by atoms with Crippen molar-refractivity contribution in [3.63, 3.8) is 0 Å². The summed E-state index contributed by atoms with van der Waals surface area (Å²) in [6.07, 6.45) is 1.62. The van der Waals surface area contributed by atoms with Crippen molar-refractivity contribution in [2.75, 3.05) is 26.2 Å². The maximum absolute atomic E-state index is 13.4. The Labute approximate surface area is 230 Å². The van der Waals surface area contributed by atoms with Crippen molar-refractivity contribution in [1.29, 1.82) is 0 Å². The van der Waals surface area contributed by atoms with Gasteiger partial charge in [-0.3, -0.25) is 39.2 Å². The number of rotatable bonds is 6. The van der Waals surface area contributed by atoms with Crippen molar-refractivity contribution in [2.45, 2.75) is 71.5 Å². The maximum atomic E-state index is 13.4. The van der Waals surface area contributed by atoms with Gasteiger partial charge in [-0.1, -0.05) is 30.3 Å². The largest absolute Gasteiger partial charge is 0.297 e. The summed E-state index contributed by atoms with van der Waals surface area (Å²) in [5.41, 5.74) is 5.48. The fourth-order valence-corrected chi connectivity index (χ4v) is 6.03. The van der Waals surface area contributed by atoms with Gasteiger partial charge in [0.15, 0.2) is 0 Å². The van der Waals surface area contributed by atoms with Gasteiger partial charge in [-0.05, 0) is 75.3 Å². The lowest BCUT2D eigenvalue weighted by Crippen LogP contribution is -2.54. The molecule has 0 saturated carbocycles. The number of piperidine rings is 1. The van der Waals surface area contributed by atoms with Crippen LogP contribution in [0.3, 0.4) is 0 Å². The molecule has 0 radical (unpaired) electrons. The zero-order chi connectivity index (χ0) is 27.9. The summed E-state index contributed by atoms with van der Waals surface area (Å²) >= 11 is 0. The second-order valence-corrected chi connectivity index (χ2v) is 12.0. The molecule has 5 rings (SSSR count). The average Bonchev–Trinajstić information content (AvgIpc) is 3.14. The van der Waals surface area contributed by atoms with Gasteiger partial charge in [0.05, 0.1) is 11.1 Å². The summed E-state index contributed by atoms with van der Waals surface area (Å²) < 4.78 is 0. The predicted octanol–water partition coefficient (Wildman–Crippen LogP) is 3.10. The first-order valence-corrected chi connectivity index (χ1v) is 13.9. The van der Waals surface area contributed by atoms with Gasteiger partial charge in [0.1, 0.15) is 6.04 Å². The SMILES string of the molecule is Cc1cc(CN2CCN(C(C)(C)C)CC2)ccc1CCc1cccc2c1C(=O)N(C1CCC(=O)NC1=O)C2=O. The second-order valence-electron chi connectivity index (χ2n) is 12.0. The van der Waals surface area contributed by atoms with Gasteiger partial charge < -0.3 is 0 Å². The standard InChI is InChI=1S/C31H38N4O4/c1-20-18-21(19-33-14-16-34(17-15-33)31(2,3)4)8-9-22(20)10-11-23-6-5-7-24-27(23)30(39)35(29(24)38)25-12-13-26(36)32-28(25)37/h5-9,18,25H,10-17,19H2,1-4H3,(H,32,36,37). The van der Waals surface area contributed by atoms with Crippen LogP contribution in [0.2, 0.25) is 0 Å². The first-order chi connectivity index (χ1) is 18.5. The number of carbonyl (C=O) groups is 4. The summed E-state index contributed by atoms with van der Waals surface area (Å²) in [6.45, 7) is 14.2. The van der Waals surface area contributed by atoms with Crippen LogP contribution in [0.15, 0.2) is 36.4 Å². The number of nitrogens with zero attached hydrogens (tertiary/aromatic N) is 3. The van der Waals surface area contributed by atoms with Crippen LogP contribution in [0.4, 0.5) is 0 Å². The van der Waals surface area contributed by atoms with Gasteiger partial charge in [-0.2, -0.15) is 0 Å². The van der Waals surface area contributed by atoms with Gasteiger partial charge >= 0.3 is 0 Å². The summed E-state index contributed by atoms with van der Waals surface area (Å²) in [5.74, 6) is -1.87. The maximum Gasteiger partial charge on any atom is 0.262 e. The minimum absolute atomic E-state index is 0.110. The molecule has 4 amide bonds. The minimum atomic E-state index is -0.950. The zero-order valence-electron chi connectivity index (χ0n) is 23.4. The first kappa shape index (κ1) is 27.2. The van der Waals surface area contributed by atoms with Crippen molar-refractivity contribution >= 4 is 23.6 Å². The van der Waals surface area contributed by atoms with Crippen LogP contribution in [0.1, 0.15) is 76.6 Å². The Balaban J connectivity index is 1.24. The topological polar surface area (TPSA) is 90.0 Å². The van der Waals surface area contributed by atoms with Crippen molar-refractivity contribution in [1.82, 2.24) is 20.0 Å². The normalized spacial score (nSPS) is 20.9. The molecule has 39 heavy (non-hydrogen) atoms. The van der Waals surface area contributed by atoms with E-state index in [1.165, 1.54) is 16.7 Å². The highest BCUT2D eigenvalue weighted by Gasteiger charge is 2.45. The first-order valence-electron chi connectivity index (χ1n) is 13.9. The van der Waals surface area contributed by atoms with Crippen molar-refractivity contribution < 1.29 is 19.2 Å². The lowest BCUT2D eigenvalue weighted by Gasteiger charge is -2.42. The molecule has 1 atom stereocenters. The number of hydrogen-bond acceptors (Lipinski definition) is 6. The summed E-state index contributed by atoms with van der Waals surface area (Å²) in [6, 6.07) is 11.0. The van der Waals surface area contributed by atoms with E-state index < -0.39 is 23.8 Å². The molecule has 1 unspecified atom stereocenters. The van der Waals surface area contributed by atoms with Gasteiger partial charge in [-0.15, -0.1) is 0 Å². The molecule has 0 aromatic heterocycles. The summed E-state index contributed by atoms with van der Waals surface area (Å²) in [4.78, 5) is 56.5. The number of benzene rings is 2. The second kappa shape index (κ2) is 10.7. The third-order valence-electron chi connectivity index (χ3n) is 8.35. The van der Waals surface area contributed by atoms with E-state index in [1.807, 2.05) is 6.07 Å². The third-order valence-corrected chi connectivity index (χ3v) is 8.35. The Morgan fingerprint density at radius 3 is 2.28 bits per heavy atom. The number of nitrogens with one attached hydrogen (secondary N) is 1. The van der Waals surface area contributed by atoms with E-state index in [2.05, 4.69) is 61.0 Å². The Kier molecular flexibility index (Phi) is 7.44. The molecule has 0 aliphatic carbocycles. The Morgan fingerprint density at radius 2 is 1.62 bits per heavy atom. The Hall–Kier alpha value is -3.36. The van der Waals surface area contributed by atoms with Crippen LogP contribution in [-0.2, 0) is 29.0 Å². The molecule has 2 aromatic carbocycles. The van der Waals surface area contributed by atoms with Crippen LogP contribution in [0.25, 0.3) is 0 Å². The smallest absolute Gasteiger partial charge is 0.262 e. The number of imide groups is 2. The van der Waals surface area contributed by atoms with Gasteiger partial charge in [0.2, 0.25) is 11.8 Å². The molecule has 3 aliphatic heterocycles. The van der Waals surface area contributed by atoms with Crippen molar-refractivity contribution in [3.05, 3.63) is 69.8 Å². The lowest BCUT2D eigenvalue weighted by atomic mass is 9.94. The Morgan fingerprint density at radius 1 is 0.897 bits per heavy atom. The van der Waals surface area contributed by atoms with E-state index in [-0.39, 0.29) is 24.3 Å². The van der Waals surface area contributed by atoms with E-state index >= 15 is 0 Å². The molecule has 8 heteroatoms. The molecular formula is C31H38N4O4. The van der Waals surface area contributed by atoms with Gasteiger partial charge in [0, 0.05) is 44.7 Å². The number of fused-ring (bicyclic) bond motifs is 1. The molecular weight excluding hydrogens is 492 g/mol. The van der Waals surface area contributed by atoms with Crippen LogP contribution in [0, 0.1) is 6.92 Å². The molecule has 2 aromatic rings. The third kappa shape index (κ3) is 5.54. The monoisotopic (exact) mass is 530 g/mol. The number of carbonyl (C=O) groups excluding carboxylic acids is 4. The minimum Gasteiger partial charge on any atom is -0.297 e. The van der Waals surface area contributed by atoms with Crippen LogP contribution >= 0.6 is 0 Å². The van der Waals surface area contributed by atoms with Crippen LogP contribution < -0.4 is 5.32 Å². The zero-order valence-corrected chi connectivity index (χ0v) is 23.4. The van der Waals surface area contributed by atoms with Crippen LogP contribution in [-0.4, -0.2) is 76.1 Å². The quantitative estimate of drug-likeness (QED) is 0.578. The number of aryl methyl sites for hydroxylation is 3. The molecule has 2 fully saturated rings. The molecule has 8 nitrogen and oxygen atoms in total. The lowest BCUT2D eigenvalue weighted by molar-refractivity contribution is -0.136. The fraction of sp³-hybridized carbons (Fsp3) is 0.484. The molecule has 0 bridgehead atoms. The Bertz CT molecular complexity index is 1320. The number of amides is 4. The highest BCUT2D eigenvalue weighted by Crippen LogP contribution is 2.31. The molecule has 1 N–H and O–H groups in total. The molecule has 3 aliphatic rings. The van der Waals surface area contributed by atoms with Crippen molar-refractivity contribution in [3.8, 4) is 0 Å². The molecule has 206 valence electrons. The fourth-order valence-electron chi connectivity index (χ4n) is 6.03. The summed E-state index contributed by atoms with van der Waals surface area (Å²) in [7, 11) is 0. The molecule has 0 spiro atoms. The number of hydrogen-bond donors (Lipinski definition) is 1. The number of piperazine rings is 1. The summed E-state index contributed by atoms with van der Waals surface area (Å²) in [5, 5.41) is 2.25. The van der Waals surface area contributed by atoms with E-state index in [0.29, 0.717) is 17.5 Å². The predicted molar refractivity (Wildman–Crippen MR) is 148 cm³/mol. The van der Waals surface area contributed by atoms with E-state index in [4.69, 9.17) is 0 Å². The molecule has 3 heterocycles. The van der Waals surface area contributed by atoms with Crippen LogP contribution in [0.5, 0.6) is 0 Å². The van der Waals surface area contributed by atoms with Gasteiger partial charge in [0.25, 0.3) is 11.8 Å². The van der Waals surface area contributed by atoms with E-state index in [1.54, 1.807) is 12.1 Å². The molecule has 2 saturated heterocycles. The van der Waals surface area contributed by atoms with Crippen molar-refractivity contribution in [2.24, 2.45) is 0 Å². The van der Waals surface area contributed by atoms with E-state index in [9.17, 15) is 19.2 Å². The highest BCUT2D eigenvalue weighted by atomic mass is 16.2. The average molecular weight is 531 g/mol. The van der Waals surface area contributed by atoms with E-state index in [0.717, 1.165) is 49.6 Å². The van der Waals surface area contributed by atoms with Gasteiger partial charge in [-0.25, -0.2) is 0 Å². The highest BCUT2D eigenvalue weighted by molar-refractivity contribution is 6.24.